The summed E-state index contributed by atoms with van der Waals surface area (Å²) in [7, 11) is 0. The molecule has 3 amide bonds. The summed E-state index contributed by atoms with van der Waals surface area (Å²) in [5.41, 5.74) is 3.45. The smallest absolute Gasteiger partial charge is 0.294 e. The molecule has 3 aromatic rings. The zero-order valence-electron chi connectivity index (χ0n) is 20.1. The molecule has 0 spiro atoms. The number of ether oxygens (including phenoxy) is 1. The number of furan rings is 1. The molecule has 8 heteroatoms. The van der Waals surface area contributed by atoms with E-state index in [1.165, 1.54) is 13.2 Å². The predicted molar refractivity (Wildman–Crippen MR) is 136 cm³/mol. The van der Waals surface area contributed by atoms with Crippen molar-refractivity contribution < 1.29 is 23.5 Å². The highest BCUT2D eigenvalue weighted by atomic mass is 16.5. The number of nitrogens with zero attached hydrogens (tertiary/aromatic N) is 3. The highest BCUT2D eigenvalue weighted by Crippen LogP contribution is 2.40. The number of fused-ring (bicyclic) bond motifs is 1. The molecular formula is C28H27N3O5. The molecule has 1 atom stereocenters. The van der Waals surface area contributed by atoms with E-state index in [1.807, 2.05) is 36.4 Å². The zero-order chi connectivity index (χ0) is 25.2. The molecule has 36 heavy (non-hydrogen) atoms. The van der Waals surface area contributed by atoms with Crippen LogP contribution >= 0.6 is 0 Å². The van der Waals surface area contributed by atoms with Crippen molar-refractivity contribution in [2.24, 2.45) is 0 Å². The van der Waals surface area contributed by atoms with Crippen molar-refractivity contribution in [2.45, 2.75) is 13.0 Å². The molecule has 1 aromatic heterocycles. The SMILES string of the molecule is C=C[C@H]1CN(C(=O)c2ccco2)c2cc(-c3cccc(C(=O)N4CCOCC4)c3)ccc2N1C(C)=O. The second-order valence-corrected chi connectivity index (χ2v) is 8.77. The number of amides is 3. The van der Waals surface area contributed by atoms with E-state index in [0.29, 0.717) is 43.2 Å². The summed E-state index contributed by atoms with van der Waals surface area (Å²) >= 11 is 0. The summed E-state index contributed by atoms with van der Waals surface area (Å²) in [5.74, 6) is -0.269. The average Bonchev–Trinajstić information content (AvgIpc) is 3.46. The van der Waals surface area contributed by atoms with Crippen LogP contribution in [-0.2, 0) is 9.53 Å². The molecule has 0 N–H and O–H groups in total. The average molecular weight is 486 g/mol. The molecule has 1 fully saturated rings. The van der Waals surface area contributed by atoms with E-state index >= 15 is 0 Å². The second kappa shape index (κ2) is 9.83. The molecule has 2 aliphatic rings. The Morgan fingerprint density at radius 2 is 1.72 bits per heavy atom. The van der Waals surface area contributed by atoms with Gasteiger partial charge in [-0.15, -0.1) is 6.58 Å². The van der Waals surface area contributed by atoms with Crippen LogP contribution in [-0.4, -0.2) is 61.5 Å². The second-order valence-electron chi connectivity index (χ2n) is 8.77. The van der Waals surface area contributed by atoms with E-state index in [0.717, 1.165) is 11.1 Å². The normalized spacial score (nSPS) is 17.5. The number of rotatable bonds is 4. The maximum atomic E-state index is 13.4. The maximum Gasteiger partial charge on any atom is 0.294 e. The van der Waals surface area contributed by atoms with Crippen LogP contribution in [0.3, 0.4) is 0 Å². The highest BCUT2D eigenvalue weighted by Gasteiger charge is 2.35. The first-order valence-corrected chi connectivity index (χ1v) is 11.9. The molecule has 1 saturated heterocycles. The lowest BCUT2D eigenvalue weighted by Crippen LogP contribution is -2.51. The van der Waals surface area contributed by atoms with Crippen molar-refractivity contribution in [3.8, 4) is 11.1 Å². The summed E-state index contributed by atoms with van der Waals surface area (Å²) in [6.07, 6.45) is 3.12. The summed E-state index contributed by atoms with van der Waals surface area (Å²) in [6, 6.07) is 16.0. The Kier molecular flexibility index (Phi) is 6.43. The van der Waals surface area contributed by atoms with Crippen molar-refractivity contribution >= 4 is 29.1 Å². The topological polar surface area (TPSA) is 83.3 Å². The van der Waals surface area contributed by atoms with Gasteiger partial charge in [0.2, 0.25) is 5.91 Å². The Morgan fingerprint density at radius 1 is 0.944 bits per heavy atom. The van der Waals surface area contributed by atoms with Gasteiger partial charge in [0.25, 0.3) is 11.8 Å². The lowest BCUT2D eigenvalue weighted by molar-refractivity contribution is -0.116. The fraction of sp³-hybridized carbons (Fsp3) is 0.250. The van der Waals surface area contributed by atoms with Gasteiger partial charge in [-0.3, -0.25) is 14.4 Å². The van der Waals surface area contributed by atoms with E-state index in [4.69, 9.17) is 9.15 Å². The van der Waals surface area contributed by atoms with Gasteiger partial charge in [0.15, 0.2) is 5.76 Å². The van der Waals surface area contributed by atoms with E-state index in [9.17, 15) is 14.4 Å². The van der Waals surface area contributed by atoms with Crippen LogP contribution in [0.1, 0.15) is 27.8 Å². The van der Waals surface area contributed by atoms with Crippen molar-refractivity contribution in [1.29, 1.82) is 0 Å². The number of carbonyl (C=O) groups excluding carboxylic acids is 3. The molecular weight excluding hydrogens is 458 g/mol. The molecule has 2 aliphatic heterocycles. The summed E-state index contributed by atoms with van der Waals surface area (Å²) in [5, 5.41) is 0. The van der Waals surface area contributed by atoms with Gasteiger partial charge in [0.1, 0.15) is 0 Å². The number of carbonyl (C=O) groups is 3. The summed E-state index contributed by atoms with van der Waals surface area (Å²) < 4.78 is 10.7. The molecule has 0 aliphatic carbocycles. The lowest BCUT2D eigenvalue weighted by atomic mass is 9.98. The largest absolute Gasteiger partial charge is 0.459 e. The molecule has 5 rings (SSSR count). The van der Waals surface area contributed by atoms with Gasteiger partial charge in [0, 0.05) is 25.6 Å². The minimum atomic E-state index is -0.380. The third-order valence-electron chi connectivity index (χ3n) is 6.56. The Balaban J connectivity index is 1.55. The molecule has 0 radical (unpaired) electrons. The molecule has 0 bridgehead atoms. The molecule has 0 saturated carbocycles. The van der Waals surface area contributed by atoms with E-state index < -0.39 is 0 Å². The third kappa shape index (κ3) is 4.31. The minimum Gasteiger partial charge on any atom is -0.459 e. The summed E-state index contributed by atoms with van der Waals surface area (Å²) in [4.78, 5) is 44.0. The van der Waals surface area contributed by atoms with Gasteiger partial charge >= 0.3 is 0 Å². The van der Waals surface area contributed by atoms with E-state index in [-0.39, 0.29) is 36.1 Å². The third-order valence-corrected chi connectivity index (χ3v) is 6.56. The molecule has 2 aromatic carbocycles. The monoisotopic (exact) mass is 485 g/mol. The predicted octanol–water partition coefficient (Wildman–Crippen LogP) is 3.99. The first-order valence-electron chi connectivity index (χ1n) is 11.9. The van der Waals surface area contributed by atoms with E-state index in [2.05, 4.69) is 6.58 Å². The van der Waals surface area contributed by atoms with Crippen LogP contribution < -0.4 is 9.80 Å². The minimum absolute atomic E-state index is 0.0377. The number of hydrogen-bond acceptors (Lipinski definition) is 5. The van der Waals surface area contributed by atoms with Crippen LogP contribution in [0.2, 0.25) is 0 Å². The highest BCUT2D eigenvalue weighted by molar-refractivity contribution is 6.10. The van der Waals surface area contributed by atoms with Crippen LogP contribution in [0.25, 0.3) is 11.1 Å². The molecule has 0 unspecified atom stereocenters. The van der Waals surface area contributed by atoms with Gasteiger partial charge < -0.3 is 23.9 Å². The molecule has 3 heterocycles. The van der Waals surface area contributed by atoms with Crippen LogP contribution in [0.4, 0.5) is 11.4 Å². The van der Waals surface area contributed by atoms with Gasteiger partial charge in [-0.05, 0) is 47.5 Å². The van der Waals surface area contributed by atoms with Crippen molar-refractivity contribution in [3.05, 3.63) is 84.8 Å². The Labute approximate surface area is 209 Å². The van der Waals surface area contributed by atoms with Gasteiger partial charge in [0.05, 0.1) is 43.4 Å². The van der Waals surface area contributed by atoms with Crippen LogP contribution in [0, 0.1) is 0 Å². The molecule has 184 valence electrons. The van der Waals surface area contributed by atoms with Gasteiger partial charge in [-0.1, -0.05) is 24.3 Å². The summed E-state index contributed by atoms with van der Waals surface area (Å²) in [6.45, 7) is 7.83. The molecule has 8 nitrogen and oxygen atoms in total. The Hall–Kier alpha value is -4.17. The maximum absolute atomic E-state index is 13.4. The number of anilines is 2. The van der Waals surface area contributed by atoms with Gasteiger partial charge in [-0.2, -0.15) is 0 Å². The van der Waals surface area contributed by atoms with Gasteiger partial charge in [-0.25, -0.2) is 0 Å². The van der Waals surface area contributed by atoms with Crippen molar-refractivity contribution in [1.82, 2.24) is 4.90 Å². The lowest BCUT2D eigenvalue weighted by Gasteiger charge is -2.41. The van der Waals surface area contributed by atoms with Crippen LogP contribution in [0.15, 0.2) is 77.9 Å². The quantitative estimate of drug-likeness (QED) is 0.522. The first-order chi connectivity index (χ1) is 17.5. The zero-order valence-corrected chi connectivity index (χ0v) is 20.1. The van der Waals surface area contributed by atoms with E-state index in [1.54, 1.807) is 39.0 Å². The fourth-order valence-corrected chi connectivity index (χ4v) is 4.76. The number of benzene rings is 2. The Bertz CT molecular complexity index is 1310. The first kappa shape index (κ1) is 23.6. The van der Waals surface area contributed by atoms with Crippen molar-refractivity contribution in [3.63, 3.8) is 0 Å². The van der Waals surface area contributed by atoms with Crippen LogP contribution in [0.5, 0.6) is 0 Å². The standard InChI is InChI=1S/C28H27N3O5/c1-3-23-18-30(28(34)26-8-5-13-36-26)25-17-21(9-10-24(25)31(23)19(2)32)20-6-4-7-22(16-20)27(33)29-11-14-35-15-12-29/h3-10,13,16-17,23H,1,11-12,14-15,18H2,2H3/t23-/m0/s1. The van der Waals surface area contributed by atoms with Crippen molar-refractivity contribution in [2.75, 3.05) is 42.6 Å². The number of hydrogen-bond donors (Lipinski definition) is 0. The Morgan fingerprint density at radius 3 is 2.42 bits per heavy atom. The number of morpholine rings is 1. The fourth-order valence-electron chi connectivity index (χ4n) is 4.76.